The second-order valence-corrected chi connectivity index (χ2v) is 5.84. The molecular weight excluding hydrogens is 352 g/mol. The van der Waals surface area contributed by atoms with Gasteiger partial charge >= 0.3 is 21.8 Å². The van der Waals surface area contributed by atoms with Crippen molar-refractivity contribution in [3.05, 3.63) is 28.7 Å². The van der Waals surface area contributed by atoms with Gasteiger partial charge in [-0.15, -0.1) is 0 Å². The largest absolute Gasteiger partial charge is 0.625 e. The minimum Gasteiger partial charge on any atom is -0.422 e. The number of hydrogen-bond acceptors (Lipinski definition) is 6. The van der Waals surface area contributed by atoms with Crippen LogP contribution in [-0.2, 0) is 27.8 Å². The summed E-state index contributed by atoms with van der Waals surface area (Å²) in [5.41, 5.74) is 0.832. The average Bonchev–Trinajstić information content (AvgIpc) is 2.57. The van der Waals surface area contributed by atoms with E-state index in [9.17, 15) is 0 Å². The van der Waals surface area contributed by atoms with E-state index in [4.69, 9.17) is 27.8 Å². The minimum atomic E-state index is -0.744. The Balaban J connectivity index is 1.67. The second-order valence-electron chi connectivity index (χ2n) is 4.92. The first-order chi connectivity index (χ1) is 10.8. The molecule has 0 bridgehead atoms. The topological polar surface area (TPSA) is 55.4 Å². The number of benzene rings is 1. The maximum Gasteiger partial charge on any atom is 0.625 e. The SMILES string of the molecule is Brc1ccc(B(OB2OCCCO2)OB2OCCCO2)cc1. The Morgan fingerprint density at radius 1 is 0.818 bits per heavy atom. The first kappa shape index (κ1) is 16.5. The van der Waals surface area contributed by atoms with Crippen LogP contribution >= 0.6 is 15.9 Å². The molecule has 1 aromatic rings. The van der Waals surface area contributed by atoms with E-state index in [1.165, 1.54) is 0 Å². The molecule has 0 aliphatic carbocycles. The molecule has 22 heavy (non-hydrogen) atoms. The second kappa shape index (κ2) is 8.49. The standard InChI is InChI=1S/C12H16B3BrO6/c16-12-5-3-11(4-6-12)13(21-14-17-7-1-8-18-14)22-15-19-9-2-10-20-15/h3-6H,1-2,7-10H2. The zero-order valence-corrected chi connectivity index (χ0v) is 13.7. The predicted octanol–water partition coefficient (Wildman–Crippen LogP) is 1.02. The zero-order valence-electron chi connectivity index (χ0n) is 12.1. The van der Waals surface area contributed by atoms with Crippen molar-refractivity contribution < 1.29 is 27.8 Å². The lowest BCUT2D eigenvalue weighted by Gasteiger charge is -2.26. The molecule has 6 nitrogen and oxygen atoms in total. The molecule has 2 saturated heterocycles. The summed E-state index contributed by atoms with van der Waals surface area (Å²) in [7, 11) is -2.18. The van der Waals surface area contributed by atoms with Gasteiger partial charge < -0.3 is 27.8 Å². The monoisotopic (exact) mass is 368 g/mol. The molecule has 0 saturated carbocycles. The van der Waals surface area contributed by atoms with Crippen molar-refractivity contribution in [3.63, 3.8) is 0 Å². The van der Waals surface area contributed by atoms with Crippen LogP contribution in [0.15, 0.2) is 28.7 Å². The van der Waals surface area contributed by atoms with Crippen LogP contribution in [0.3, 0.4) is 0 Å². The lowest BCUT2D eigenvalue weighted by atomic mass is 9.75. The first-order valence-corrected chi connectivity index (χ1v) is 8.13. The van der Waals surface area contributed by atoms with Gasteiger partial charge in [0.1, 0.15) is 0 Å². The van der Waals surface area contributed by atoms with Gasteiger partial charge in [-0.05, 0) is 30.4 Å². The van der Waals surface area contributed by atoms with Gasteiger partial charge in [-0.25, -0.2) is 0 Å². The van der Waals surface area contributed by atoms with Gasteiger partial charge in [0.25, 0.3) is 0 Å². The molecule has 3 rings (SSSR count). The Morgan fingerprint density at radius 3 is 1.73 bits per heavy atom. The molecule has 0 amide bonds. The predicted molar refractivity (Wildman–Crippen MR) is 86.3 cm³/mol. The fourth-order valence-corrected chi connectivity index (χ4v) is 2.36. The maximum atomic E-state index is 5.78. The number of halogens is 1. The van der Waals surface area contributed by atoms with Gasteiger partial charge in [0.05, 0.1) is 0 Å². The quantitative estimate of drug-likeness (QED) is 0.724. The summed E-state index contributed by atoms with van der Waals surface area (Å²) in [4.78, 5) is 0. The van der Waals surface area contributed by atoms with Crippen LogP contribution in [0.1, 0.15) is 12.8 Å². The molecule has 1 aromatic carbocycles. The van der Waals surface area contributed by atoms with Crippen LogP contribution in [0.4, 0.5) is 0 Å². The summed E-state index contributed by atoms with van der Waals surface area (Å²) in [6.07, 6.45) is 1.72. The molecule has 2 aliphatic heterocycles. The molecule has 0 N–H and O–H groups in total. The Kier molecular flexibility index (Phi) is 6.37. The van der Waals surface area contributed by atoms with Crippen molar-refractivity contribution in [1.82, 2.24) is 0 Å². The maximum absolute atomic E-state index is 5.78. The fourth-order valence-electron chi connectivity index (χ4n) is 2.10. The van der Waals surface area contributed by atoms with Crippen molar-refractivity contribution in [2.45, 2.75) is 12.8 Å². The van der Waals surface area contributed by atoms with Crippen LogP contribution in [0.2, 0.25) is 0 Å². The number of hydrogen-bond donors (Lipinski definition) is 0. The van der Waals surface area contributed by atoms with Crippen LogP contribution in [0, 0.1) is 0 Å². The molecule has 116 valence electrons. The number of rotatable bonds is 5. The lowest BCUT2D eigenvalue weighted by Crippen LogP contribution is -2.50. The van der Waals surface area contributed by atoms with Gasteiger partial charge in [0.15, 0.2) is 0 Å². The highest BCUT2D eigenvalue weighted by atomic mass is 79.9. The normalized spacial score (nSPS) is 19.3. The first-order valence-electron chi connectivity index (χ1n) is 7.34. The van der Waals surface area contributed by atoms with Gasteiger partial charge in [-0.2, -0.15) is 0 Å². The van der Waals surface area contributed by atoms with E-state index in [-0.39, 0.29) is 0 Å². The van der Waals surface area contributed by atoms with Crippen LogP contribution in [0.25, 0.3) is 0 Å². The van der Waals surface area contributed by atoms with E-state index < -0.39 is 21.8 Å². The smallest absolute Gasteiger partial charge is 0.422 e. The van der Waals surface area contributed by atoms with Crippen molar-refractivity contribution >= 4 is 43.2 Å². The summed E-state index contributed by atoms with van der Waals surface area (Å²) in [5.74, 6) is 0. The summed E-state index contributed by atoms with van der Waals surface area (Å²) < 4.78 is 34.2. The molecule has 0 unspecified atom stereocenters. The molecule has 2 heterocycles. The third kappa shape index (κ3) is 4.82. The molecule has 0 atom stereocenters. The van der Waals surface area contributed by atoms with Crippen molar-refractivity contribution in [2.24, 2.45) is 0 Å². The molecule has 0 radical (unpaired) electrons. The van der Waals surface area contributed by atoms with Gasteiger partial charge in [-0.1, -0.05) is 28.1 Å². The van der Waals surface area contributed by atoms with E-state index in [0.29, 0.717) is 26.4 Å². The summed E-state index contributed by atoms with van der Waals surface area (Å²) >= 11 is 3.41. The molecule has 2 aliphatic rings. The molecule has 10 heteroatoms. The van der Waals surface area contributed by atoms with Crippen molar-refractivity contribution in [3.8, 4) is 0 Å². The zero-order chi connectivity index (χ0) is 15.2. The van der Waals surface area contributed by atoms with Crippen LogP contribution in [-0.4, -0.2) is 48.2 Å². The summed E-state index contributed by atoms with van der Waals surface area (Å²) in [6.45, 7) is 2.42. The Hall–Kier alpha value is -0.345. The summed E-state index contributed by atoms with van der Waals surface area (Å²) in [5, 5.41) is 0. The van der Waals surface area contributed by atoms with Crippen LogP contribution in [0.5, 0.6) is 0 Å². The highest BCUT2D eigenvalue weighted by Crippen LogP contribution is 2.11. The van der Waals surface area contributed by atoms with Gasteiger partial charge in [0.2, 0.25) is 0 Å². The Labute approximate surface area is 139 Å². The fraction of sp³-hybridized carbons (Fsp3) is 0.500. The van der Waals surface area contributed by atoms with Crippen LogP contribution < -0.4 is 5.46 Å². The third-order valence-corrected chi connectivity index (χ3v) is 3.73. The van der Waals surface area contributed by atoms with E-state index in [1.54, 1.807) is 0 Å². The van der Waals surface area contributed by atoms with Crippen molar-refractivity contribution in [1.29, 1.82) is 0 Å². The molecule has 0 aromatic heterocycles. The van der Waals surface area contributed by atoms with E-state index in [2.05, 4.69) is 15.9 Å². The van der Waals surface area contributed by atoms with Gasteiger partial charge in [0, 0.05) is 30.9 Å². The molecule has 2 fully saturated rings. The Bertz CT molecular complexity index is 433. The highest BCUT2D eigenvalue weighted by molar-refractivity contribution is 9.10. The molecular formula is C12H16B3BrO6. The highest BCUT2D eigenvalue weighted by Gasteiger charge is 2.38. The average molecular weight is 369 g/mol. The van der Waals surface area contributed by atoms with E-state index in [0.717, 1.165) is 22.8 Å². The van der Waals surface area contributed by atoms with E-state index in [1.807, 2.05) is 24.3 Å². The summed E-state index contributed by atoms with van der Waals surface area (Å²) in [6, 6.07) is 7.64. The molecule has 0 spiro atoms. The Morgan fingerprint density at radius 2 is 1.27 bits per heavy atom. The third-order valence-electron chi connectivity index (χ3n) is 3.20. The van der Waals surface area contributed by atoms with Gasteiger partial charge in [-0.3, -0.25) is 0 Å². The lowest BCUT2D eigenvalue weighted by molar-refractivity contribution is 0.0685. The van der Waals surface area contributed by atoms with Crippen molar-refractivity contribution in [2.75, 3.05) is 26.4 Å². The minimum absolute atomic E-state index is 0.605. The van der Waals surface area contributed by atoms with E-state index >= 15 is 0 Å².